The predicted molar refractivity (Wildman–Crippen MR) is 60.2 cm³/mol. The van der Waals surface area contributed by atoms with Crippen LogP contribution >= 0.6 is 11.3 Å². The first-order valence-corrected chi connectivity index (χ1v) is 6.32. The molecular formula is C11H17NO2S. The molecule has 2 heterocycles. The fourth-order valence-electron chi connectivity index (χ4n) is 1.96. The van der Waals surface area contributed by atoms with Gasteiger partial charge in [0.05, 0.1) is 22.9 Å². The molecule has 2 unspecified atom stereocenters. The van der Waals surface area contributed by atoms with Crippen molar-refractivity contribution < 1.29 is 9.84 Å². The van der Waals surface area contributed by atoms with Gasteiger partial charge in [0, 0.05) is 18.4 Å². The number of ether oxygens (including phenoxy) is 1. The van der Waals surface area contributed by atoms with Crippen LogP contribution in [0.15, 0.2) is 5.38 Å². The Morgan fingerprint density at radius 1 is 1.73 bits per heavy atom. The van der Waals surface area contributed by atoms with Gasteiger partial charge in [-0.1, -0.05) is 0 Å². The van der Waals surface area contributed by atoms with Crippen LogP contribution in [0, 0.1) is 6.92 Å². The Bertz CT molecular complexity index is 307. The van der Waals surface area contributed by atoms with Crippen LogP contribution in [0.1, 0.15) is 30.0 Å². The minimum atomic E-state index is -0.311. The van der Waals surface area contributed by atoms with Crippen molar-refractivity contribution in [1.29, 1.82) is 0 Å². The van der Waals surface area contributed by atoms with Gasteiger partial charge < -0.3 is 9.84 Å². The molecule has 1 aromatic rings. The number of aliphatic hydroxyl groups is 1. The number of thiazole rings is 1. The highest BCUT2D eigenvalue weighted by atomic mass is 32.1. The molecule has 84 valence electrons. The first-order valence-electron chi connectivity index (χ1n) is 5.44. The van der Waals surface area contributed by atoms with Crippen molar-refractivity contribution in [3.05, 3.63) is 16.1 Å². The zero-order chi connectivity index (χ0) is 10.7. The van der Waals surface area contributed by atoms with E-state index in [0.29, 0.717) is 6.42 Å². The number of aliphatic hydroxyl groups excluding tert-OH is 1. The quantitative estimate of drug-likeness (QED) is 0.854. The summed E-state index contributed by atoms with van der Waals surface area (Å²) in [5, 5.41) is 12.9. The van der Waals surface area contributed by atoms with Crippen LogP contribution in [0.4, 0.5) is 0 Å². The van der Waals surface area contributed by atoms with E-state index in [1.807, 2.05) is 12.3 Å². The highest BCUT2D eigenvalue weighted by Crippen LogP contribution is 2.19. The Hall–Kier alpha value is -0.450. The van der Waals surface area contributed by atoms with Gasteiger partial charge in [0.15, 0.2) is 0 Å². The van der Waals surface area contributed by atoms with Gasteiger partial charge in [-0.2, -0.15) is 0 Å². The number of hydrogen-bond donors (Lipinski definition) is 1. The van der Waals surface area contributed by atoms with Crippen molar-refractivity contribution in [3.8, 4) is 0 Å². The first-order chi connectivity index (χ1) is 7.24. The SMILES string of the molecule is Cc1nc(CC(O)CC2CCCO2)cs1. The second-order valence-electron chi connectivity index (χ2n) is 4.09. The zero-order valence-electron chi connectivity index (χ0n) is 8.98. The molecule has 0 aromatic carbocycles. The lowest BCUT2D eigenvalue weighted by Crippen LogP contribution is -2.19. The summed E-state index contributed by atoms with van der Waals surface area (Å²) in [6.07, 6.45) is 3.58. The summed E-state index contributed by atoms with van der Waals surface area (Å²) in [7, 11) is 0. The van der Waals surface area contributed by atoms with E-state index in [1.165, 1.54) is 0 Å². The molecule has 3 nitrogen and oxygen atoms in total. The van der Waals surface area contributed by atoms with E-state index in [0.717, 1.165) is 36.6 Å². The standard InChI is InChI=1S/C11H17NO2S/c1-8-12-9(7-15-8)5-10(13)6-11-3-2-4-14-11/h7,10-11,13H,2-6H2,1H3. The number of rotatable bonds is 4. The predicted octanol–water partition coefficient (Wildman–Crippen LogP) is 1.92. The second kappa shape index (κ2) is 5.05. The molecule has 4 heteroatoms. The Morgan fingerprint density at radius 2 is 2.60 bits per heavy atom. The van der Waals surface area contributed by atoms with Crippen molar-refractivity contribution in [2.75, 3.05) is 6.61 Å². The third kappa shape index (κ3) is 3.26. The lowest BCUT2D eigenvalue weighted by atomic mass is 10.1. The molecule has 1 saturated heterocycles. The number of nitrogens with zero attached hydrogens (tertiary/aromatic N) is 1. The maximum absolute atomic E-state index is 9.86. The third-order valence-electron chi connectivity index (χ3n) is 2.67. The maximum atomic E-state index is 9.86. The van der Waals surface area contributed by atoms with E-state index in [-0.39, 0.29) is 12.2 Å². The summed E-state index contributed by atoms with van der Waals surface area (Å²) in [6.45, 7) is 2.84. The molecular weight excluding hydrogens is 210 g/mol. The average Bonchev–Trinajstić information content (AvgIpc) is 2.77. The summed E-state index contributed by atoms with van der Waals surface area (Å²) in [5.74, 6) is 0. The minimum absolute atomic E-state index is 0.264. The van der Waals surface area contributed by atoms with E-state index in [9.17, 15) is 5.11 Å². The maximum Gasteiger partial charge on any atom is 0.0897 e. The van der Waals surface area contributed by atoms with Crippen molar-refractivity contribution in [1.82, 2.24) is 4.98 Å². The molecule has 0 bridgehead atoms. The number of aryl methyl sites for hydroxylation is 1. The molecule has 15 heavy (non-hydrogen) atoms. The number of hydrogen-bond acceptors (Lipinski definition) is 4. The molecule has 1 aliphatic rings. The van der Waals surface area contributed by atoms with Gasteiger partial charge in [0.25, 0.3) is 0 Å². The normalized spacial score (nSPS) is 23.2. The average molecular weight is 227 g/mol. The Morgan fingerprint density at radius 3 is 3.20 bits per heavy atom. The van der Waals surface area contributed by atoms with Crippen LogP contribution in [0.5, 0.6) is 0 Å². The largest absolute Gasteiger partial charge is 0.393 e. The van der Waals surface area contributed by atoms with E-state index < -0.39 is 0 Å². The van der Waals surface area contributed by atoms with Crippen LogP contribution in [-0.2, 0) is 11.2 Å². The van der Waals surface area contributed by atoms with Crippen molar-refractivity contribution in [3.63, 3.8) is 0 Å². The fraction of sp³-hybridized carbons (Fsp3) is 0.727. The van der Waals surface area contributed by atoms with E-state index >= 15 is 0 Å². The van der Waals surface area contributed by atoms with E-state index in [4.69, 9.17) is 4.74 Å². The third-order valence-corrected chi connectivity index (χ3v) is 3.49. The summed E-state index contributed by atoms with van der Waals surface area (Å²) < 4.78 is 5.49. The van der Waals surface area contributed by atoms with Crippen molar-refractivity contribution in [2.24, 2.45) is 0 Å². The van der Waals surface area contributed by atoms with Crippen LogP contribution < -0.4 is 0 Å². The van der Waals surface area contributed by atoms with Crippen LogP contribution in [0.3, 0.4) is 0 Å². The fourth-order valence-corrected chi connectivity index (χ4v) is 2.59. The van der Waals surface area contributed by atoms with Gasteiger partial charge in [-0.25, -0.2) is 4.98 Å². The summed E-state index contributed by atoms with van der Waals surface area (Å²) >= 11 is 1.64. The smallest absolute Gasteiger partial charge is 0.0897 e. The summed E-state index contributed by atoms with van der Waals surface area (Å²) in [4.78, 5) is 4.34. The van der Waals surface area contributed by atoms with Crippen molar-refractivity contribution in [2.45, 2.75) is 44.8 Å². The Kier molecular flexibility index (Phi) is 3.72. The van der Waals surface area contributed by atoms with E-state index in [2.05, 4.69) is 4.98 Å². The molecule has 0 radical (unpaired) electrons. The molecule has 2 atom stereocenters. The van der Waals surface area contributed by atoms with Crippen LogP contribution in [0.2, 0.25) is 0 Å². The highest BCUT2D eigenvalue weighted by Gasteiger charge is 2.20. The van der Waals surface area contributed by atoms with Gasteiger partial charge in [0.2, 0.25) is 0 Å². The highest BCUT2D eigenvalue weighted by molar-refractivity contribution is 7.09. The monoisotopic (exact) mass is 227 g/mol. The van der Waals surface area contributed by atoms with E-state index in [1.54, 1.807) is 11.3 Å². The van der Waals surface area contributed by atoms with Gasteiger partial charge in [-0.15, -0.1) is 11.3 Å². The Labute approximate surface area is 94.1 Å². The minimum Gasteiger partial charge on any atom is -0.393 e. The summed E-state index contributed by atoms with van der Waals surface area (Å²) in [6, 6.07) is 0. The lowest BCUT2D eigenvalue weighted by Gasteiger charge is -2.13. The lowest BCUT2D eigenvalue weighted by molar-refractivity contribution is 0.0538. The molecule has 1 aromatic heterocycles. The molecule has 0 aliphatic carbocycles. The topological polar surface area (TPSA) is 42.4 Å². The second-order valence-corrected chi connectivity index (χ2v) is 5.15. The number of aromatic nitrogens is 1. The van der Waals surface area contributed by atoms with Crippen molar-refractivity contribution >= 4 is 11.3 Å². The first kappa shape index (κ1) is 11.0. The molecule has 0 amide bonds. The van der Waals surface area contributed by atoms with Gasteiger partial charge in [-0.3, -0.25) is 0 Å². The molecule has 2 rings (SSSR count). The summed E-state index contributed by atoms with van der Waals surface area (Å²) in [5.41, 5.74) is 1.00. The Balaban J connectivity index is 1.78. The van der Waals surface area contributed by atoms with Crippen LogP contribution in [0.25, 0.3) is 0 Å². The van der Waals surface area contributed by atoms with Gasteiger partial charge >= 0.3 is 0 Å². The van der Waals surface area contributed by atoms with Gasteiger partial charge in [0.1, 0.15) is 0 Å². The van der Waals surface area contributed by atoms with Crippen LogP contribution in [-0.4, -0.2) is 28.9 Å². The molecule has 0 saturated carbocycles. The molecule has 1 N–H and O–H groups in total. The molecule has 0 spiro atoms. The molecule has 1 aliphatic heterocycles. The zero-order valence-corrected chi connectivity index (χ0v) is 9.80. The van der Waals surface area contributed by atoms with Gasteiger partial charge in [-0.05, 0) is 26.2 Å². The molecule has 1 fully saturated rings.